The van der Waals surface area contributed by atoms with Crippen molar-refractivity contribution in [1.82, 2.24) is 10.2 Å². The molecule has 19 heavy (non-hydrogen) atoms. The van der Waals surface area contributed by atoms with Gasteiger partial charge in [-0.05, 0) is 31.6 Å². The molecule has 0 amide bonds. The van der Waals surface area contributed by atoms with Crippen molar-refractivity contribution in [3.63, 3.8) is 0 Å². The van der Waals surface area contributed by atoms with Crippen LogP contribution in [0.25, 0.3) is 0 Å². The molecule has 1 saturated carbocycles. The lowest BCUT2D eigenvalue weighted by atomic mass is 9.86. The second-order valence-corrected chi connectivity index (χ2v) is 8.98. The van der Waals surface area contributed by atoms with Crippen molar-refractivity contribution < 1.29 is 8.42 Å². The molecule has 2 rings (SSSR count). The van der Waals surface area contributed by atoms with Crippen molar-refractivity contribution in [3.05, 3.63) is 0 Å². The molecule has 1 aliphatic carbocycles. The molecule has 0 radical (unpaired) electrons. The fourth-order valence-electron chi connectivity index (χ4n) is 2.73. The molecule has 5 heteroatoms. The lowest BCUT2D eigenvalue weighted by Crippen LogP contribution is -2.52. The van der Waals surface area contributed by atoms with E-state index < -0.39 is 9.84 Å². The monoisotopic (exact) mass is 288 g/mol. The number of hydrogen-bond acceptors (Lipinski definition) is 4. The van der Waals surface area contributed by atoms with Gasteiger partial charge < -0.3 is 5.32 Å². The van der Waals surface area contributed by atoms with Crippen LogP contribution in [0.3, 0.4) is 0 Å². The van der Waals surface area contributed by atoms with E-state index in [0.29, 0.717) is 18.1 Å². The normalized spacial score (nSPS) is 31.0. The summed E-state index contributed by atoms with van der Waals surface area (Å²) in [6.07, 6.45) is 3.76. The molecule has 2 unspecified atom stereocenters. The predicted molar refractivity (Wildman–Crippen MR) is 79.1 cm³/mol. The van der Waals surface area contributed by atoms with Gasteiger partial charge in [0.05, 0.1) is 11.5 Å². The standard InChI is InChI=1S/C14H28N2O2S/c1-4-14(3,10-15-13-5-6-13)11-16-7-8-19(17,18)9-12(16)2/h12-13,15H,4-11H2,1-3H3. The summed E-state index contributed by atoms with van der Waals surface area (Å²) in [6.45, 7) is 9.34. The second kappa shape index (κ2) is 5.70. The van der Waals surface area contributed by atoms with Crippen molar-refractivity contribution in [1.29, 1.82) is 0 Å². The van der Waals surface area contributed by atoms with Crippen LogP contribution >= 0.6 is 0 Å². The van der Waals surface area contributed by atoms with Crippen LogP contribution in [0.15, 0.2) is 0 Å². The van der Waals surface area contributed by atoms with Crippen LogP contribution in [0.4, 0.5) is 0 Å². The van der Waals surface area contributed by atoms with Crippen LogP contribution in [-0.4, -0.2) is 56.5 Å². The first-order chi connectivity index (χ1) is 8.84. The van der Waals surface area contributed by atoms with Crippen LogP contribution in [0.2, 0.25) is 0 Å². The minimum atomic E-state index is -2.80. The summed E-state index contributed by atoms with van der Waals surface area (Å²) in [5.41, 5.74) is 0.248. The van der Waals surface area contributed by atoms with Crippen molar-refractivity contribution in [3.8, 4) is 0 Å². The van der Waals surface area contributed by atoms with Gasteiger partial charge in [0.2, 0.25) is 0 Å². The smallest absolute Gasteiger partial charge is 0.153 e. The van der Waals surface area contributed by atoms with Gasteiger partial charge in [0.1, 0.15) is 0 Å². The highest BCUT2D eigenvalue weighted by molar-refractivity contribution is 7.91. The molecule has 1 aliphatic heterocycles. The molecule has 112 valence electrons. The molecule has 4 nitrogen and oxygen atoms in total. The number of rotatable bonds is 6. The molecule has 0 spiro atoms. The zero-order valence-electron chi connectivity index (χ0n) is 12.5. The van der Waals surface area contributed by atoms with Crippen LogP contribution in [-0.2, 0) is 9.84 Å². The molecule has 0 aromatic rings. The first-order valence-corrected chi connectivity index (χ1v) is 9.33. The van der Waals surface area contributed by atoms with E-state index in [2.05, 4.69) is 24.1 Å². The molecular formula is C14H28N2O2S. The van der Waals surface area contributed by atoms with Gasteiger partial charge in [-0.2, -0.15) is 0 Å². The van der Waals surface area contributed by atoms with E-state index in [4.69, 9.17) is 0 Å². The van der Waals surface area contributed by atoms with E-state index in [1.807, 2.05) is 6.92 Å². The first kappa shape index (κ1) is 15.3. The zero-order valence-corrected chi connectivity index (χ0v) is 13.3. The minimum absolute atomic E-state index is 0.158. The van der Waals surface area contributed by atoms with Gasteiger partial charge in [-0.25, -0.2) is 8.42 Å². The van der Waals surface area contributed by atoms with Crippen LogP contribution in [0, 0.1) is 5.41 Å². The molecule has 1 heterocycles. The Hall–Kier alpha value is -0.130. The Morgan fingerprint density at radius 1 is 1.37 bits per heavy atom. The third-order valence-corrected chi connectivity index (χ3v) is 6.44. The van der Waals surface area contributed by atoms with E-state index in [-0.39, 0.29) is 11.5 Å². The molecule has 0 aromatic heterocycles. The Kier molecular flexibility index (Phi) is 4.58. The van der Waals surface area contributed by atoms with Gasteiger partial charge in [-0.3, -0.25) is 4.90 Å². The first-order valence-electron chi connectivity index (χ1n) is 7.51. The fourth-order valence-corrected chi connectivity index (χ4v) is 4.35. The zero-order chi connectivity index (χ0) is 14.1. The Balaban J connectivity index is 1.89. The minimum Gasteiger partial charge on any atom is -0.313 e. The highest BCUT2D eigenvalue weighted by Crippen LogP contribution is 2.27. The molecule has 2 fully saturated rings. The van der Waals surface area contributed by atoms with E-state index in [9.17, 15) is 8.42 Å². The summed E-state index contributed by atoms with van der Waals surface area (Å²) in [6, 6.07) is 0.899. The van der Waals surface area contributed by atoms with E-state index in [1.54, 1.807) is 0 Å². The third kappa shape index (κ3) is 4.43. The predicted octanol–water partition coefficient (Wildman–Crippen LogP) is 1.27. The fraction of sp³-hybridized carbons (Fsp3) is 1.00. The van der Waals surface area contributed by atoms with Crippen LogP contribution in [0.5, 0.6) is 0 Å². The maximum atomic E-state index is 11.6. The summed E-state index contributed by atoms with van der Waals surface area (Å²) in [7, 11) is -2.80. The average Bonchev–Trinajstić information content (AvgIpc) is 3.14. The lowest BCUT2D eigenvalue weighted by molar-refractivity contribution is 0.129. The summed E-state index contributed by atoms with van der Waals surface area (Å²) < 4.78 is 23.3. The lowest BCUT2D eigenvalue weighted by Gasteiger charge is -2.40. The maximum Gasteiger partial charge on any atom is 0.153 e. The molecule has 1 saturated heterocycles. The topological polar surface area (TPSA) is 49.4 Å². The summed E-state index contributed by atoms with van der Waals surface area (Å²) >= 11 is 0. The largest absolute Gasteiger partial charge is 0.313 e. The molecule has 0 aromatic carbocycles. The summed E-state index contributed by atoms with van der Waals surface area (Å²) in [5.74, 6) is 0.649. The molecule has 0 bridgehead atoms. The summed E-state index contributed by atoms with van der Waals surface area (Å²) in [4.78, 5) is 2.36. The average molecular weight is 288 g/mol. The highest BCUT2D eigenvalue weighted by atomic mass is 32.2. The van der Waals surface area contributed by atoms with Crippen molar-refractivity contribution in [2.24, 2.45) is 5.41 Å². The Morgan fingerprint density at radius 3 is 2.58 bits per heavy atom. The van der Waals surface area contributed by atoms with Gasteiger partial charge in [0.25, 0.3) is 0 Å². The quantitative estimate of drug-likeness (QED) is 0.800. The summed E-state index contributed by atoms with van der Waals surface area (Å²) in [5, 5.41) is 3.62. The third-order valence-electron chi connectivity index (χ3n) is 4.64. The Morgan fingerprint density at radius 2 is 2.05 bits per heavy atom. The second-order valence-electron chi connectivity index (χ2n) is 6.75. The van der Waals surface area contributed by atoms with Crippen molar-refractivity contribution >= 4 is 9.84 Å². The molecule has 1 N–H and O–H groups in total. The number of nitrogens with one attached hydrogen (secondary N) is 1. The van der Waals surface area contributed by atoms with Gasteiger partial charge in [0, 0.05) is 31.7 Å². The Labute approximate surface area is 117 Å². The van der Waals surface area contributed by atoms with E-state index in [0.717, 1.165) is 25.6 Å². The van der Waals surface area contributed by atoms with E-state index >= 15 is 0 Å². The maximum absolute atomic E-state index is 11.6. The van der Waals surface area contributed by atoms with Gasteiger partial charge in [-0.15, -0.1) is 0 Å². The number of nitrogens with zero attached hydrogens (tertiary/aromatic N) is 1. The van der Waals surface area contributed by atoms with Gasteiger partial charge >= 0.3 is 0 Å². The number of sulfone groups is 1. The highest BCUT2D eigenvalue weighted by Gasteiger charge is 2.34. The number of hydrogen-bond donors (Lipinski definition) is 1. The van der Waals surface area contributed by atoms with E-state index in [1.165, 1.54) is 12.8 Å². The van der Waals surface area contributed by atoms with Crippen LogP contribution < -0.4 is 5.32 Å². The molecular weight excluding hydrogens is 260 g/mol. The SMILES string of the molecule is CCC(C)(CNC1CC1)CN1CCS(=O)(=O)CC1C. The molecule has 2 atom stereocenters. The van der Waals surface area contributed by atoms with Crippen molar-refractivity contribution in [2.75, 3.05) is 31.1 Å². The Bertz CT molecular complexity index is 406. The van der Waals surface area contributed by atoms with Gasteiger partial charge in [-0.1, -0.05) is 13.8 Å². The molecule has 2 aliphatic rings. The van der Waals surface area contributed by atoms with Gasteiger partial charge in [0.15, 0.2) is 9.84 Å². The van der Waals surface area contributed by atoms with Crippen molar-refractivity contribution in [2.45, 2.75) is 52.1 Å². The van der Waals surface area contributed by atoms with Crippen LogP contribution in [0.1, 0.15) is 40.0 Å².